The average Bonchev–Trinajstić information content (AvgIpc) is 2.26. The molecule has 3 nitrogen and oxygen atoms in total. The minimum absolute atomic E-state index is 0.681. The third-order valence-corrected chi connectivity index (χ3v) is 2.52. The molecule has 0 fully saturated rings. The number of benzene rings is 1. The van der Waals surface area contributed by atoms with E-state index in [1.165, 1.54) is 0 Å². The number of rotatable bonds is 7. The molecule has 0 heterocycles. The van der Waals surface area contributed by atoms with E-state index in [4.69, 9.17) is 16.3 Å². The van der Waals surface area contributed by atoms with Gasteiger partial charge < -0.3 is 15.0 Å². The Morgan fingerprint density at radius 3 is 2.88 bits per heavy atom. The lowest BCUT2D eigenvalue weighted by Gasteiger charge is -2.16. The largest absolute Gasteiger partial charge is 0.492 e. The van der Waals surface area contributed by atoms with E-state index in [2.05, 4.69) is 17.3 Å². The molecule has 0 radical (unpaired) electrons. The van der Waals surface area contributed by atoms with E-state index in [1.54, 1.807) is 0 Å². The first kappa shape index (κ1) is 13.3. The molecule has 1 aromatic carbocycles. The van der Waals surface area contributed by atoms with Gasteiger partial charge in [-0.25, -0.2) is 0 Å². The molecule has 0 unspecified atom stereocenters. The second-order valence-electron chi connectivity index (χ2n) is 3.71. The Morgan fingerprint density at radius 1 is 1.38 bits per heavy atom. The summed E-state index contributed by atoms with van der Waals surface area (Å²) in [6, 6.07) is 7.48. The van der Waals surface area contributed by atoms with Crippen molar-refractivity contribution in [3.05, 3.63) is 29.3 Å². The van der Waals surface area contributed by atoms with Crippen LogP contribution in [0.4, 0.5) is 0 Å². The molecule has 0 spiro atoms. The van der Waals surface area contributed by atoms with Crippen molar-refractivity contribution in [1.29, 1.82) is 0 Å². The molecular formula is C12H19ClN2O. The Kier molecular flexibility index (Phi) is 6.23. The molecule has 0 amide bonds. The van der Waals surface area contributed by atoms with Crippen LogP contribution >= 0.6 is 11.6 Å². The lowest BCUT2D eigenvalue weighted by Crippen LogP contribution is -2.30. The highest BCUT2D eigenvalue weighted by Gasteiger charge is 1.98. The summed E-state index contributed by atoms with van der Waals surface area (Å²) in [6.07, 6.45) is 0. The van der Waals surface area contributed by atoms with Crippen LogP contribution in [0.15, 0.2) is 24.3 Å². The van der Waals surface area contributed by atoms with Crippen LogP contribution in [-0.2, 0) is 0 Å². The average molecular weight is 243 g/mol. The van der Waals surface area contributed by atoms with Gasteiger partial charge in [0, 0.05) is 24.7 Å². The second-order valence-corrected chi connectivity index (χ2v) is 4.15. The monoisotopic (exact) mass is 242 g/mol. The van der Waals surface area contributed by atoms with Crippen LogP contribution in [0, 0.1) is 0 Å². The molecule has 0 atom stereocenters. The van der Waals surface area contributed by atoms with Crippen molar-refractivity contribution >= 4 is 11.6 Å². The van der Waals surface area contributed by atoms with Crippen molar-refractivity contribution in [2.75, 3.05) is 40.3 Å². The molecule has 4 heteroatoms. The molecule has 16 heavy (non-hydrogen) atoms. The maximum absolute atomic E-state index is 5.86. The number of ether oxygens (including phenoxy) is 1. The molecule has 0 aliphatic heterocycles. The maximum atomic E-state index is 5.86. The van der Waals surface area contributed by atoms with Crippen LogP contribution in [0.25, 0.3) is 0 Å². The van der Waals surface area contributed by atoms with Gasteiger partial charge in [-0.2, -0.15) is 0 Å². The Hall–Kier alpha value is -0.770. The minimum atomic E-state index is 0.681. The number of halogens is 1. The van der Waals surface area contributed by atoms with Crippen LogP contribution in [0.2, 0.25) is 5.02 Å². The van der Waals surface area contributed by atoms with Gasteiger partial charge in [0.25, 0.3) is 0 Å². The highest BCUT2D eigenvalue weighted by Crippen LogP contribution is 2.16. The highest BCUT2D eigenvalue weighted by molar-refractivity contribution is 6.30. The van der Waals surface area contributed by atoms with E-state index in [0.29, 0.717) is 11.6 Å². The molecule has 0 aliphatic rings. The van der Waals surface area contributed by atoms with Gasteiger partial charge in [0.2, 0.25) is 0 Å². The van der Waals surface area contributed by atoms with E-state index in [-0.39, 0.29) is 0 Å². The SMILES string of the molecule is CNCCN(C)CCOc1cccc(Cl)c1. The summed E-state index contributed by atoms with van der Waals surface area (Å²) >= 11 is 5.86. The third-order valence-electron chi connectivity index (χ3n) is 2.28. The maximum Gasteiger partial charge on any atom is 0.120 e. The smallest absolute Gasteiger partial charge is 0.120 e. The van der Waals surface area contributed by atoms with E-state index in [9.17, 15) is 0 Å². The Balaban J connectivity index is 2.20. The van der Waals surface area contributed by atoms with Gasteiger partial charge in [-0.15, -0.1) is 0 Å². The topological polar surface area (TPSA) is 24.5 Å². The van der Waals surface area contributed by atoms with Gasteiger partial charge in [-0.1, -0.05) is 17.7 Å². The van der Waals surface area contributed by atoms with Crippen LogP contribution < -0.4 is 10.1 Å². The second kappa shape index (κ2) is 7.49. The normalized spacial score (nSPS) is 10.8. The molecule has 0 aliphatic carbocycles. The van der Waals surface area contributed by atoms with Gasteiger partial charge in [0.15, 0.2) is 0 Å². The number of likely N-dealkylation sites (N-methyl/N-ethyl adjacent to an activating group) is 2. The van der Waals surface area contributed by atoms with Gasteiger partial charge in [0.05, 0.1) is 0 Å². The molecule has 90 valence electrons. The van der Waals surface area contributed by atoms with E-state index >= 15 is 0 Å². The summed E-state index contributed by atoms with van der Waals surface area (Å²) in [5.41, 5.74) is 0. The predicted molar refractivity (Wildman–Crippen MR) is 68.4 cm³/mol. The van der Waals surface area contributed by atoms with Crippen LogP contribution in [-0.4, -0.2) is 45.2 Å². The number of hydrogen-bond donors (Lipinski definition) is 1. The van der Waals surface area contributed by atoms with E-state index < -0.39 is 0 Å². The summed E-state index contributed by atoms with van der Waals surface area (Å²) in [5.74, 6) is 0.828. The zero-order chi connectivity index (χ0) is 11.8. The van der Waals surface area contributed by atoms with Gasteiger partial charge in [0.1, 0.15) is 12.4 Å². The summed E-state index contributed by atoms with van der Waals surface area (Å²) in [7, 11) is 4.04. The van der Waals surface area contributed by atoms with Crippen molar-refractivity contribution in [1.82, 2.24) is 10.2 Å². The van der Waals surface area contributed by atoms with Crippen molar-refractivity contribution in [2.45, 2.75) is 0 Å². The Labute approximate surface area is 102 Å². The molecule has 1 rings (SSSR count). The molecule has 1 N–H and O–H groups in total. The lowest BCUT2D eigenvalue weighted by atomic mass is 10.3. The fourth-order valence-electron chi connectivity index (χ4n) is 1.29. The quantitative estimate of drug-likeness (QED) is 0.790. The molecule has 0 saturated heterocycles. The van der Waals surface area contributed by atoms with E-state index in [1.807, 2.05) is 31.3 Å². The highest BCUT2D eigenvalue weighted by atomic mass is 35.5. The molecule has 0 aromatic heterocycles. The summed E-state index contributed by atoms with van der Waals surface area (Å²) in [6.45, 7) is 3.61. The minimum Gasteiger partial charge on any atom is -0.492 e. The zero-order valence-corrected chi connectivity index (χ0v) is 10.6. The first-order chi connectivity index (χ1) is 7.72. The van der Waals surface area contributed by atoms with Crippen LogP contribution in [0.5, 0.6) is 5.75 Å². The summed E-state index contributed by atoms with van der Waals surface area (Å²) in [5, 5.41) is 3.82. The van der Waals surface area contributed by atoms with E-state index in [0.717, 1.165) is 25.4 Å². The molecular weight excluding hydrogens is 224 g/mol. The Morgan fingerprint density at radius 2 is 2.19 bits per heavy atom. The fourth-order valence-corrected chi connectivity index (χ4v) is 1.47. The molecule has 0 saturated carbocycles. The first-order valence-electron chi connectivity index (χ1n) is 5.44. The summed E-state index contributed by atoms with van der Waals surface area (Å²) in [4.78, 5) is 2.22. The number of nitrogens with one attached hydrogen (secondary N) is 1. The van der Waals surface area contributed by atoms with Crippen molar-refractivity contribution in [3.8, 4) is 5.75 Å². The standard InChI is InChI=1S/C12H19ClN2O/c1-14-6-7-15(2)8-9-16-12-5-3-4-11(13)10-12/h3-5,10,14H,6-9H2,1-2H3. The lowest BCUT2D eigenvalue weighted by molar-refractivity contribution is 0.238. The predicted octanol–water partition coefficient (Wildman–Crippen LogP) is 1.87. The third kappa shape index (κ3) is 5.35. The number of hydrogen-bond acceptors (Lipinski definition) is 3. The first-order valence-corrected chi connectivity index (χ1v) is 5.81. The van der Waals surface area contributed by atoms with Gasteiger partial charge in [-0.3, -0.25) is 0 Å². The summed E-state index contributed by atoms with van der Waals surface area (Å²) < 4.78 is 5.59. The molecule has 1 aromatic rings. The Bertz CT molecular complexity index is 307. The van der Waals surface area contributed by atoms with Crippen molar-refractivity contribution in [3.63, 3.8) is 0 Å². The van der Waals surface area contributed by atoms with Crippen LogP contribution in [0.3, 0.4) is 0 Å². The zero-order valence-electron chi connectivity index (χ0n) is 9.87. The van der Waals surface area contributed by atoms with Gasteiger partial charge in [-0.05, 0) is 32.3 Å². The molecule has 0 bridgehead atoms. The van der Waals surface area contributed by atoms with Crippen molar-refractivity contribution in [2.24, 2.45) is 0 Å². The van der Waals surface area contributed by atoms with Crippen molar-refractivity contribution < 1.29 is 4.74 Å². The van der Waals surface area contributed by atoms with Crippen LogP contribution in [0.1, 0.15) is 0 Å². The fraction of sp³-hybridized carbons (Fsp3) is 0.500. The number of nitrogens with zero attached hydrogens (tertiary/aromatic N) is 1. The van der Waals surface area contributed by atoms with Gasteiger partial charge >= 0.3 is 0 Å².